The van der Waals surface area contributed by atoms with Crippen molar-refractivity contribution in [1.82, 2.24) is 20.2 Å². The maximum absolute atomic E-state index is 12.3. The molecule has 0 bridgehead atoms. The van der Waals surface area contributed by atoms with Crippen LogP contribution in [-0.4, -0.2) is 31.2 Å². The number of phenolic OH excluding ortho intramolecular Hbond substituents is 1. The van der Waals surface area contributed by atoms with Crippen LogP contribution in [-0.2, 0) is 0 Å². The molecule has 8 heteroatoms. The summed E-state index contributed by atoms with van der Waals surface area (Å²) in [4.78, 5) is 12.3. The Morgan fingerprint density at radius 1 is 1.18 bits per heavy atom. The summed E-state index contributed by atoms with van der Waals surface area (Å²) in [5, 5.41) is 23.6. The van der Waals surface area contributed by atoms with E-state index >= 15 is 0 Å². The average molecular weight is 313 g/mol. The van der Waals surface area contributed by atoms with Gasteiger partial charge in [0.2, 0.25) is 5.16 Å². The molecule has 0 fully saturated rings. The molecule has 0 aliphatic rings. The standard InChI is InChI=1S/C14H11N5O2S/c20-10-5-3-4-9(8-10)13(21)15-11-6-1-2-7-12(11)19-14(22)16-17-18-19/h1-8,20H,(H,15,21)(H,16,18,22). The molecular weight excluding hydrogens is 302 g/mol. The number of carbonyl (C=O) groups is 1. The van der Waals surface area contributed by atoms with Crippen LogP contribution in [0.25, 0.3) is 5.69 Å². The van der Waals surface area contributed by atoms with Gasteiger partial charge in [0.25, 0.3) is 5.91 Å². The minimum atomic E-state index is -0.350. The lowest BCUT2D eigenvalue weighted by Crippen LogP contribution is -2.14. The predicted octanol–water partition coefficient (Wildman–Crippen LogP) is 1.91. The van der Waals surface area contributed by atoms with E-state index in [-0.39, 0.29) is 11.7 Å². The minimum absolute atomic E-state index is 0.0269. The van der Waals surface area contributed by atoms with Gasteiger partial charge in [-0.1, -0.05) is 18.2 Å². The molecule has 110 valence electrons. The van der Waals surface area contributed by atoms with Gasteiger partial charge in [-0.15, -0.1) is 17.7 Å². The van der Waals surface area contributed by atoms with Crippen LogP contribution in [0.15, 0.2) is 53.7 Å². The van der Waals surface area contributed by atoms with Crippen molar-refractivity contribution < 1.29 is 9.90 Å². The molecule has 2 N–H and O–H groups in total. The lowest BCUT2D eigenvalue weighted by atomic mass is 10.2. The maximum atomic E-state index is 12.3. The maximum Gasteiger partial charge on any atom is 0.255 e. The SMILES string of the molecule is O=C(Nc1ccccc1-n1nnnc1S)c1cccc(O)c1. The highest BCUT2D eigenvalue weighted by Gasteiger charge is 2.13. The fourth-order valence-corrected chi connectivity index (χ4v) is 2.13. The first kappa shape index (κ1) is 14.1. The molecule has 0 aliphatic carbocycles. The Morgan fingerprint density at radius 2 is 2.00 bits per heavy atom. The van der Waals surface area contributed by atoms with Crippen molar-refractivity contribution in [3.8, 4) is 11.4 Å². The number of thiol groups is 1. The third kappa shape index (κ3) is 2.77. The fourth-order valence-electron chi connectivity index (χ4n) is 1.94. The Labute approximate surface area is 131 Å². The topological polar surface area (TPSA) is 92.9 Å². The molecule has 0 aliphatic heterocycles. The van der Waals surface area contributed by atoms with Crippen molar-refractivity contribution in [3.05, 3.63) is 54.1 Å². The molecule has 0 unspecified atom stereocenters. The lowest BCUT2D eigenvalue weighted by Gasteiger charge is -2.11. The molecule has 0 saturated carbocycles. The number of amides is 1. The van der Waals surface area contributed by atoms with Crippen LogP contribution >= 0.6 is 12.6 Å². The van der Waals surface area contributed by atoms with E-state index in [9.17, 15) is 9.90 Å². The van der Waals surface area contributed by atoms with Crippen molar-refractivity contribution in [2.75, 3.05) is 5.32 Å². The summed E-state index contributed by atoms with van der Waals surface area (Å²) in [5.41, 5.74) is 1.46. The van der Waals surface area contributed by atoms with Gasteiger partial charge in [-0.2, -0.15) is 4.68 Å². The number of aromatic hydroxyl groups is 1. The quantitative estimate of drug-likeness (QED) is 0.642. The molecule has 0 saturated heterocycles. The molecular formula is C14H11N5O2S. The van der Waals surface area contributed by atoms with Gasteiger partial charge in [0, 0.05) is 5.56 Å². The number of anilines is 1. The van der Waals surface area contributed by atoms with E-state index < -0.39 is 0 Å². The molecule has 3 rings (SSSR count). The molecule has 0 spiro atoms. The van der Waals surface area contributed by atoms with Crippen molar-refractivity contribution in [1.29, 1.82) is 0 Å². The third-order valence-electron chi connectivity index (χ3n) is 2.94. The predicted molar refractivity (Wildman–Crippen MR) is 82.5 cm³/mol. The van der Waals surface area contributed by atoms with Gasteiger partial charge in [-0.3, -0.25) is 4.79 Å². The van der Waals surface area contributed by atoms with E-state index in [4.69, 9.17) is 0 Å². The van der Waals surface area contributed by atoms with Crippen LogP contribution in [0, 0.1) is 0 Å². The van der Waals surface area contributed by atoms with Gasteiger partial charge < -0.3 is 10.4 Å². The summed E-state index contributed by atoms with van der Waals surface area (Å²) >= 11 is 4.16. The molecule has 7 nitrogen and oxygen atoms in total. The molecule has 0 atom stereocenters. The zero-order valence-electron chi connectivity index (χ0n) is 11.2. The van der Waals surface area contributed by atoms with Crippen molar-refractivity contribution in [3.63, 3.8) is 0 Å². The van der Waals surface area contributed by atoms with Gasteiger partial charge in [-0.05, 0) is 40.8 Å². The molecule has 2 aromatic carbocycles. The first-order chi connectivity index (χ1) is 10.6. The van der Waals surface area contributed by atoms with Crippen LogP contribution in [0.4, 0.5) is 5.69 Å². The van der Waals surface area contributed by atoms with Gasteiger partial charge in [-0.25, -0.2) is 0 Å². The summed E-state index contributed by atoms with van der Waals surface area (Å²) < 4.78 is 1.40. The molecule has 0 radical (unpaired) electrons. The highest BCUT2D eigenvalue weighted by atomic mass is 32.1. The number of benzene rings is 2. The minimum Gasteiger partial charge on any atom is -0.508 e. The zero-order valence-corrected chi connectivity index (χ0v) is 12.1. The number of carbonyl (C=O) groups excluding carboxylic acids is 1. The Kier molecular flexibility index (Phi) is 3.75. The van der Waals surface area contributed by atoms with Gasteiger partial charge in [0.15, 0.2) is 0 Å². The van der Waals surface area contributed by atoms with E-state index in [2.05, 4.69) is 33.5 Å². The summed E-state index contributed by atoms with van der Waals surface area (Å²) in [7, 11) is 0. The second-order valence-corrected chi connectivity index (χ2v) is 4.81. The van der Waals surface area contributed by atoms with Crippen LogP contribution in [0.2, 0.25) is 0 Å². The van der Waals surface area contributed by atoms with Gasteiger partial charge >= 0.3 is 0 Å². The highest BCUT2D eigenvalue weighted by molar-refractivity contribution is 7.80. The molecule has 1 heterocycles. The number of para-hydroxylation sites is 2. The fraction of sp³-hybridized carbons (Fsp3) is 0. The Bertz CT molecular complexity index is 833. The second-order valence-electron chi connectivity index (χ2n) is 4.41. The number of tetrazole rings is 1. The number of rotatable bonds is 3. The molecule has 22 heavy (non-hydrogen) atoms. The number of hydrogen-bond donors (Lipinski definition) is 3. The summed E-state index contributed by atoms with van der Waals surface area (Å²) in [5.74, 6) is -0.323. The van der Waals surface area contributed by atoms with Gasteiger partial charge in [0.1, 0.15) is 5.75 Å². The molecule has 1 aromatic heterocycles. The highest BCUT2D eigenvalue weighted by Crippen LogP contribution is 2.22. The second kappa shape index (κ2) is 5.86. The number of aromatic nitrogens is 4. The van der Waals surface area contributed by atoms with Gasteiger partial charge in [0.05, 0.1) is 11.4 Å². The Hall–Kier alpha value is -2.87. The Morgan fingerprint density at radius 3 is 2.73 bits per heavy atom. The van der Waals surface area contributed by atoms with Crippen LogP contribution in [0.3, 0.4) is 0 Å². The van der Waals surface area contributed by atoms with Crippen molar-refractivity contribution >= 4 is 24.2 Å². The van der Waals surface area contributed by atoms with Crippen LogP contribution in [0.1, 0.15) is 10.4 Å². The third-order valence-corrected chi connectivity index (χ3v) is 3.22. The van der Waals surface area contributed by atoms with Crippen molar-refractivity contribution in [2.45, 2.75) is 5.16 Å². The van der Waals surface area contributed by atoms with E-state index in [1.807, 2.05) is 0 Å². The van der Waals surface area contributed by atoms with Crippen LogP contribution in [0.5, 0.6) is 5.75 Å². The largest absolute Gasteiger partial charge is 0.508 e. The van der Waals surface area contributed by atoms with E-state index in [1.165, 1.54) is 16.8 Å². The Balaban J connectivity index is 1.93. The zero-order chi connectivity index (χ0) is 15.5. The van der Waals surface area contributed by atoms with Crippen molar-refractivity contribution in [2.24, 2.45) is 0 Å². The first-order valence-electron chi connectivity index (χ1n) is 6.32. The summed E-state index contributed by atoms with van der Waals surface area (Å²) in [6.45, 7) is 0. The number of phenols is 1. The lowest BCUT2D eigenvalue weighted by molar-refractivity contribution is 0.102. The normalized spacial score (nSPS) is 10.4. The van der Waals surface area contributed by atoms with E-state index in [1.54, 1.807) is 36.4 Å². The average Bonchev–Trinajstić information content (AvgIpc) is 2.94. The number of nitrogens with one attached hydrogen (secondary N) is 1. The smallest absolute Gasteiger partial charge is 0.255 e. The molecule has 1 amide bonds. The monoisotopic (exact) mass is 313 g/mol. The number of nitrogens with zero attached hydrogens (tertiary/aromatic N) is 4. The first-order valence-corrected chi connectivity index (χ1v) is 6.77. The summed E-state index contributed by atoms with van der Waals surface area (Å²) in [6, 6.07) is 13.2. The molecule has 3 aromatic rings. The van der Waals surface area contributed by atoms with E-state index in [0.29, 0.717) is 22.1 Å². The summed E-state index contributed by atoms with van der Waals surface area (Å²) in [6.07, 6.45) is 0. The number of hydrogen-bond acceptors (Lipinski definition) is 6. The van der Waals surface area contributed by atoms with Crippen LogP contribution < -0.4 is 5.32 Å². The van der Waals surface area contributed by atoms with E-state index in [0.717, 1.165) is 0 Å².